The second-order valence-electron chi connectivity index (χ2n) is 5.62. The molecule has 0 aliphatic heterocycles. The summed E-state index contributed by atoms with van der Waals surface area (Å²) in [6.45, 7) is 0. The van der Waals surface area contributed by atoms with Crippen LogP contribution in [0.25, 0.3) is 0 Å². The van der Waals surface area contributed by atoms with E-state index in [0.717, 1.165) is 0 Å². The molecular formula is C21H23Na19O63. The van der Waals surface area contributed by atoms with E-state index in [2.05, 4.69) is 0 Å². The quantitative estimate of drug-likeness (QED) is 0.100. The van der Waals surface area contributed by atoms with Gasteiger partial charge in [0.05, 0.1) is 0 Å². The van der Waals surface area contributed by atoms with E-state index in [1.54, 1.807) is 0 Å². The molecule has 0 atom stereocenters. The molecule has 0 spiro atoms. The Morgan fingerprint density at radius 3 is 0.0971 bits per heavy atom. The summed E-state index contributed by atoms with van der Waals surface area (Å²) >= 11 is 0. The van der Waals surface area contributed by atoms with Crippen molar-refractivity contribution in [2.75, 3.05) is 0 Å². The maximum atomic E-state index is 8.56. The van der Waals surface area contributed by atoms with Crippen LogP contribution in [0.1, 0.15) is 0 Å². The molecule has 0 aromatic rings. The van der Waals surface area contributed by atoms with Gasteiger partial charge in [-0.15, -0.1) is 0 Å². The monoisotopic (exact) mass is 1720 g/mol. The van der Waals surface area contributed by atoms with E-state index in [9.17, 15) is 0 Å². The molecule has 0 unspecified atom stereocenters. The van der Waals surface area contributed by atoms with Crippen molar-refractivity contribution in [3.63, 3.8) is 0 Å². The van der Waals surface area contributed by atoms with Gasteiger partial charge >= 0.3 is 574 Å². The Morgan fingerprint density at radius 2 is 0.0971 bits per heavy atom. The van der Waals surface area contributed by atoms with Gasteiger partial charge in [-0.1, -0.05) is 0 Å². The fourth-order valence-corrected chi connectivity index (χ4v) is 0. The number of hydrogen-bond acceptors (Lipinski definition) is 40. The van der Waals surface area contributed by atoms with Crippen LogP contribution in [-0.4, -0.2) is 247 Å². The van der Waals surface area contributed by atoms with E-state index in [1.807, 2.05) is 0 Å². The summed E-state index contributed by atoms with van der Waals surface area (Å²) in [5, 5.41) is 319. The van der Waals surface area contributed by atoms with Crippen molar-refractivity contribution in [2.24, 2.45) is 0 Å². The fraction of sp³-hybridized carbons (Fsp3) is 0. The molecule has 0 radical (unpaired) electrons. The van der Waals surface area contributed by atoms with Crippen molar-refractivity contribution in [1.29, 1.82) is 0 Å². The third-order valence-electron chi connectivity index (χ3n) is 0. The summed E-state index contributed by atoms with van der Waals surface area (Å²) in [4.78, 5) is 178. The Kier molecular flexibility index (Phi) is 678. The molecule has 0 heterocycles. The predicted octanol–water partition coefficient (Wildman–Crippen LogP) is -77.6. The van der Waals surface area contributed by atoms with Crippen LogP contribution in [0.3, 0.4) is 0 Å². The Balaban J connectivity index is -0.0000000106. The summed E-state index contributed by atoms with van der Waals surface area (Å²) in [7, 11) is 0. The van der Waals surface area contributed by atoms with Gasteiger partial charge in [0.2, 0.25) is 117 Å². The Bertz CT molecular complexity index is 1180. The summed E-state index contributed by atoms with van der Waals surface area (Å²) in [5.74, 6) is 0. The summed E-state index contributed by atoms with van der Waals surface area (Å²) in [5.41, 5.74) is 0. The first kappa shape index (κ1) is 268. The third kappa shape index (κ3) is 84300. The SMILES string of the molecule is O=C(O)O.O=C(O)O.O=C([O-])O.O=C([O-])O.O=C([O-])O.O=C([O-])O.O=C([O-])O.O=C([O-])O.O=C([O-])O.O=C([O-])O.O=C([O-])O.O=C([O-])O.O=C([O-])O.O=C([O-])O.O=C([O-])O.O=C([O-])O.O=C([O-])O.O=C([O-])O.O=C([O-])O.O=C([O-])O.O=C([O-])O.[Na+].[Na+].[Na+].[Na+].[Na+].[Na+].[Na+].[Na+].[Na+].[Na+].[Na+].[Na+].[Na+].[Na+].[Na+].[Na+].[Na+].[Na+].[Na+]. The maximum absolute atomic E-state index is 8.56. The zero-order chi connectivity index (χ0) is 75.1. The van der Waals surface area contributed by atoms with Crippen molar-refractivity contribution >= 4 is 129 Å². The smallest absolute Gasteiger partial charge is 0.565 e. The minimum Gasteiger partial charge on any atom is -0.565 e. The van der Waals surface area contributed by atoms with Gasteiger partial charge in [0.25, 0.3) is 0 Å². The zero-order valence-electron chi connectivity index (χ0n) is 56.1. The molecule has 0 aromatic heterocycles. The van der Waals surface area contributed by atoms with Crippen molar-refractivity contribution in [2.45, 2.75) is 0 Å². The summed E-state index contributed by atoms with van der Waals surface area (Å²) < 4.78 is 0. The second-order valence-corrected chi connectivity index (χ2v) is 5.62. The van der Waals surface area contributed by atoms with Crippen molar-refractivity contribution < 1.29 is 877 Å². The molecule has 63 nitrogen and oxygen atoms in total. The number of carboxylic acid groups (broad SMARTS) is 42. The largest absolute Gasteiger partial charge is 1.00 e. The van der Waals surface area contributed by atoms with Gasteiger partial charge in [-0.25, -0.2) is 9.59 Å². The van der Waals surface area contributed by atoms with Crippen LogP contribution in [0.2, 0.25) is 0 Å². The van der Waals surface area contributed by atoms with Crippen LogP contribution in [0.5, 0.6) is 0 Å². The van der Waals surface area contributed by atoms with Gasteiger partial charge in [-0.3, -0.25) is 0 Å². The number of carbonyl (C=O) groups is 21. The molecule has 0 aliphatic carbocycles. The van der Waals surface area contributed by atoms with Crippen LogP contribution >= 0.6 is 0 Å². The Morgan fingerprint density at radius 1 is 0.0971 bits per heavy atom. The molecule has 0 aromatic carbocycles. The molecule has 0 rings (SSSR count). The maximum Gasteiger partial charge on any atom is 1.00 e. The topological polar surface area (TPSA) is 1260 Å². The van der Waals surface area contributed by atoms with Gasteiger partial charge in [0.1, 0.15) is 0 Å². The normalized spacial score (nSPS) is 4.89. The second kappa shape index (κ2) is 260. The number of hydrogen-bond donors (Lipinski definition) is 23. The molecule has 0 amide bonds. The average molecular weight is 1720 g/mol. The molecule has 0 bridgehead atoms. The predicted molar refractivity (Wildman–Crippen MR) is 174 cm³/mol. The van der Waals surface area contributed by atoms with E-state index < -0.39 is 129 Å². The first-order valence-electron chi connectivity index (χ1n) is 13.3. The van der Waals surface area contributed by atoms with Gasteiger partial charge in [0, 0.05) is 0 Å². The fourth-order valence-electron chi connectivity index (χ4n) is 0. The summed E-state index contributed by atoms with van der Waals surface area (Å²) in [6, 6.07) is 0. The molecule has 23 N–H and O–H groups in total. The van der Waals surface area contributed by atoms with E-state index in [1.165, 1.54) is 0 Å². The molecule has 0 saturated carbocycles. The van der Waals surface area contributed by atoms with Crippen molar-refractivity contribution in [3.05, 3.63) is 0 Å². The molecule has 82 heteroatoms. The third-order valence-corrected chi connectivity index (χ3v) is 0. The zero-order valence-corrected chi connectivity index (χ0v) is 94.1. The Labute approximate surface area is 985 Å². The summed E-state index contributed by atoms with van der Waals surface area (Å²) in [6.07, 6.45) is -43.2. The van der Waals surface area contributed by atoms with Crippen molar-refractivity contribution in [3.8, 4) is 0 Å². The molecule has 0 fully saturated rings. The van der Waals surface area contributed by atoms with Crippen LogP contribution < -0.4 is 659 Å². The average Bonchev–Trinajstić information content (AvgIpc) is 3.03. The van der Waals surface area contributed by atoms with Gasteiger partial charge in [-0.05, 0) is 0 Å². The van der Waals surface area contributed by atoms with Gasteiger partial charge < -0.3 is 306 Å². The first-order chi connectivity index (χ1) is 36.4. The Hall–Kier alpha value is 3.67. The molecular weight excluding hydrogens is 1700 g/mol. The first-order valence-corrected chi connectivity index (χ1v) is 13.3. The van der Waals surface area contributed by atoms with Crippen molar-refractivity contribution in [1.82, 2.24) is 0 Å². The molecule has 103 heavy (non-hydrogen) atoms. The van der Waals surface area contributed by atoms with Gasteiger partial charge in [-0.2, -0.15) is 0 Å². The minimum atomic E-state index is -2.08. The van der Waals surface area contributed by atoms with Crippen LogP contribution in [0.4, 0.5) is 101 Å². The standard InChI is InChI=1S/21CH2O3.19Na/c21*2-1(3)4;;;;;;;;;;;;;;;;;;;/h21*(H2,2,3,4);;;;;;;;;;;;;;;;;;;/q;;;;;;;;;;;;;;;;;;;;;19*+1/p-19. The van der Waals surface area contributed by atoms with E-state index in [0.29, 0.717) is 0 Å². The minimum absolute atomic E-state index is 0. The van der Waals surface area contributed by atoms with E-state index in [-0.39, 0.29) is 562 Å². The molecule has 0 aliphatic rings. The molecule has 0 saturated heterocycles. The van der Waals surface area contributed by atoms with E-state index >= 15 is 0 Å². The van der Waals surface area contributed by atoms with Crippen LogP contribution in [0, 0.1) is 0 Å². The molecule has 504 valence electrons. The van der Waals surface area contributed by atoms with Gasteiger partial charge in [0.15, 0.2) is 0 Å². The number of rotatable bonds is 0. The van der Waals surface area contributed by atoms with E-state index in [4.69, 9.17) is 315 Å². The van der Waals surface area contributed by atoms with Crippen LogP contribution in [-0.2, 0) is 0 Å². The van der Waals surface area contributed by atoms with Crippen LogP contribution in [0.15, 0.2) is 0 Å².